The van der Waals surface area contributed by atoms with Crippen LogP contribution in [0.1, 0.15) is 68.8 Å². The summed E-state index contributed by atoms with van der Waals surface area (Å²) in [5, 5.41) is 6.35. The molecule has 0 saturated carbocycles. The molecule has 2 aromatic rings. The number of hydrogen-bond acceptors (Lipinski definition) is 3. The molecule has 0 radical (unpaired) electrons. The van der Waals surface area contributed by atoms with Crippen LogP contribution in [0.4, 0.5) is 11.4 Å². The molecule has 1 heterocycles. The van der Waals surface area contributed by atoms with Gasteiger partial charge in [-0.3, -0.25) is 9.78 Å². The Hall–Kier alpha value is -2.62. The van der Waals surface area contributed by atoms with Gasteiger partial charge in [-0.15, -0.1) is 0 Å². The van der Waals surface area contributed by atoms with Crippen LogP contribution in [0, 0.1) is 0 Å². The van der Waals surface area contributed by atoms with Crippen molar-refractivity contribution in [3.05, 3.63) is 65.5 Å². The lowest BCUT2D eigenvalue weighted by molar-refractivity contribution is 0.102. The Labute approximate surface area is 168 Å². The second-order valence-electron chi connectivity index (χ2n) is 8.53. The second kappa shape index (κ2) is 9.05. The van der Waals surface area contributed by atoms with Gasteiger partial charge >= 0.3 is 0 Å². The maximum absolute atomic E-state index is 12.6. The minimum Gasteiger partial charge on any atom is -0.383 e. The molecule has 0 saturated heterocycles. The molecule has 4 nitrogen and oxygen atoms in total. The third-order valence-corrected chi connectivity index (χ3v) is 5.17. The smallest absolute Gasteiger partial charge is 0.257 e. The number of rotatable bonds is 6. The van der Waals surface area contributed by atoms with Crippen molar-refractivity contribution in [3.8, 4) is 0 Å². The Bertz CT molecular complexity index is 832. The van der Waals surface area contributed by atoms with Gasteiger partial charge in [0.1, 0.15) is 0 Å². The standard InChI is InChI=1S/C24H31N3O/c1-24(2,3)20-9-11-21(12-10-20)27-23(28)19-15-22(17-25-16-19)26-14-13-18-7-5-4-6-8-18/h7,9-12,15-17,26H,4-6,8,13-14H2,1-3H3,(H,27,28). The summed E-state index contributed by atoms with van der Waals surface area (Å²) >= 11 is 0. The predicted octanol–water partition coefficient (Wildman–Crippen LogP) is 5.93. The fourth-order valence-corrected chi connectivity index (χ4v) is 3.42. The van der Waals surface area contributed by atoms with Gasteiger partial charge in [-0.1, -0.05) is 44.6 Å². The van der Waals surface area contributed by atoms with Crippen molar-refractivity contribution < 1.29 is 4.79 Å². The first-order valence-corrected chi connectivity index (χ1v) is 10.2. The lowest BCUT2D eigenvalue weighted by Crippen LogP contribution is -2.14. The Morgan fingerprint density at radius 2 is 1.86 bits per heavy atom. The zero-order valence-corrected chi connectivity index (χ0v) is 17.2. The highest BCUT2D eigenvalue weighted by Crippen LogP contribution is 2.24. The Morgan fingerprint density at radius 3 is 2.54 bits per heavy atom. The molecule has 0 unspecified atom stereocenters. The van der Waals surface area contributed by atoms with Gasteiger partial charge in [0, 0.05) is 24.6 Å². The number of pyridine rings is 1. The maximum atomic E-state index is 12.6. The largest absolute Gasteiger partial charge is 0.383 e. The predicted molar refractivity (Wildman–Crippen MR) is 117 cm³/mol. The zero-order chi connectivity index (χ0) is 20.0. The van der Waals surface area contributed by atoms with Crippen LogP contribution >= 0.6 is 0 Å². The highest BCUT2D eigenvalue weighted by molar-refractivity contribution is 6.04. The molecule has 1 amide bonds. The summed E-state index contributed by atoms with van der Waals surface area (Å²) in [5.41, 5.74) is 5.11. The second-order valence-corrected chi connectivity index (χ2v) is 8.53. The van der Waals surface area contributed by atoms with Gasteiger partial charge in [0.2, 0.25) is 0 Å². The average molecular weight is 378 g/mol. The summed E-state index contributed by atoms with van der Waals surface area (Å²) in [6, 6.07) is 9.89. The van der Waals surface area contributed by atoms with Crippen LogP contribution in [0.2, 0.25) is 0 Å². The number of carbonyl (C=O) groups is 1. The number of amides is 1. The topological polar surface area (TPSA) is 54.0 Å². The van der Waals surface area contributed by atoms with E-state index in [1.165, 1.54) is 31.2 Å². The van der Waals surface area contributed by atoms with E-state index in [0.29, 0.717) is 5.56 Å². The van der Waals surface area contributed by atoms with Crippen molar-refractivity contribution >= 4 is 17.3 Å². The van der Waals surface area contributed by atoms with Gasteiger partial charge in [-0.05, 0) is 61.3 Å². The van der Waals surface area contributed by atoms with E-state index in [9.17, 15) is 4.79 Å². The first-order chi connectivity index (χ1) is 13.4. The third kappa shape index (κ3) is 5.69. The fraction of sp³-hybridized carbons (Fsp3) is 0.417. The molecule has 1 aliphatic rings. The summed E-state index contributed by atoms with van der Waals surface area (Å²) in [7, 11) is 0. The van der Waals surface area contributed by atoms with E-state index in [1.807, 2.05) is 18.2 Å². The van der Waals surface area contributed by atoms with Gasteiger partial charge in [0.05, 0.1) is 11.3 Å². The number of anilines is 2. The molecular weight excluding hydrogens is 346 g/mol. The fourth-order valence-electron chi connectivity index (χ4n) is 3.42. The van der Waals surface area contributed by atoms with Crippen LogP contribution in [0.5, 0.6) is 0 Å². The average Bonchev–Trinajstić information content (AvgIpc) is 2.69. The number of benzene rings is 1. The molecule has 3 rings (SSSR count). The summed E-state index contributed by atoms with van der Waals surface area (Å²) in [5.74, 6) is -0.144. The molecule has 1 aromatic carbocycles. The quantitative estimate of drug-likeness (QED) is 0.613. The van der Waals surface area contributed by atoms with Crippen molar-refractivity contribution in [1.29, 1.82) is 0 Å². The van der Waals surface area contributed by atoms with Crippen molar-refractivity contribution in [2.45, 2.75) is 58.3 Å². The first kappa shape index (κ1) is 20.1. The minimum absolute atomic E-state index is 0.0974. The van der Waals surface area contributed by atoms with Gasteiger partial charge in [-0.25, -0.2) is 0 Å². The number of aromatic nitrogens is 1. The van der Waals surface area contributed by atoms with Crippen LogP contribution in [0.25, 0.3) is 0 Å². The number of allylic oxidation sites excluding steroid dienone is 1. The van der Waals surface area contributed by atoms with Crippen molar-refractivity contribution in [2.24, 2.45) is 0 Å². The highest BCUT2D eigenvalue weighted by atomic mass is 16.1. The molecule has 28 heavy (non-hydrogen) atoms. The van der Waals surface area contributed by atoms with Crippen LogP contribution in [0.15, 0.2) is 54.4 Å². The van der Waals surface area contributed by atoms with E-state index >= 15 is 0 Å². The Balaban J connectivity index is 1.56. The molecule has 0 atom stereocenters. The van der Waals surface area contributed by atoms with Gasteiger partial charge in [0.25, 0.3) is 5.91 Å². The minimum atomic E-state index is -0.144. The maximum Gasteiger partial charge on any atom is 0.257 e. The van der Waals surface area contributed by atoms with Gasteiger partial charge in [0.15, 0.2) is 0 Å². The van der Waals surface area contributed by atoms with Crippen LogP contribution in [0.3, 0.4) is 0 Å². The number of hydrogen-bond donors (Lipinski definition) is 2. The van der Waals surface area contributed by atoms with Gasteiger partial charge in [-0.2, -0.15) is 0 Å². The molecule has 0 spiro atoms. The van der Waals surface area contributed by atoms with Crippen LogP contribution in [-0.4, -0.2) is 17.4 Å². The Kier molecular flexibility index (Phi) is 6.50. The molecule has 4 heteroatoms. The lowest BCUT2D eigenvalue weighted by atomic mass is 9.87. The van der Waals surface area contributed by atoms with Crippen molar-refractivity contribution in [3.63, 3.8) is 0 Å². The normalized spacial score (nSPS) is 14.3. The van der Waals surface area contributed by atoms with Gasteiger partial charge < -0.3 is 10.6 Å². The number of nitrogens with zero attached hydrogens (tertiary/aromatic N) is 1. The molecule has 2 N–H and O–H groups in total. The molecular formula is C24H31N3O. The molecule has 1 aromatic heterocycles. The van der Waals surface area contributed by atoms with Crippen molar-refractivity contribution in [2.75, 3.05) is 17.2 Å². The monoisotopic (exact) mass is 377 g/mol. The molecule has 0 bridgehead atoms. The van der Waals surface area contributed by atoms with E-state index in [0.717, 1.165) is 24.3 Å². The summed E-state index contributed by atoms with van der Waals surface area (Å²) < 4.78 is 0. The molecule has 0 aliphatic heterocycles. The highest BCUT2D eigenvalue weighted by Gasteiger charge is 2.14. The van der Waals surface area contributed by atoms with E-state index in [2.05, 4.69) is 54.6 Å². The van der Waals surface area contributed by atoms with E-state index in [-0.39, 0.29) is 11.3 Å². The van der Waals surface area contributed by atoms with Crippen molar-refractivity contribution in [1.82, 2.24) is 4.98 Å². The summed E-state index contributed by atoms with van der Waals surface area (Å²) in [6.45, 7) is 7.40. The van der Waals surface area contributed by atoms with E-state index in [1.54, 1.807) is 18.0 Å². The van der Waals surface area contributed by atoms with E-state index < -0.39 is 0 Å². The molecule has 148 valence electrons. The summed E-state index contributed by atoms with van der Waals surface area (Å²) in [4.78, 5) is 16.8. The molecule has 1 aliphatic carbocycles. The van der Waals surface area contributed by atoms with Crippen LogP contribution in [-0.2, 0) is 5.41 Å². The number of carbonyl (C=O) groups excluding carboxylic acids is 1. The Morgan fingerprint density at radius 1 is 1.07 bits per heavy atom. The first-order valence-electron chi connectivity index (χ1n) is 10.2. The van der Waals surface area contributed by atoms with E-state index in [4.69, 9.17) is 0 Å². The third-order valence-electron chi connectivity index (χ3n) is 5.17. The molecule has 0 fully saturated rings. The van der Waals surface area contributed by atoms with Crippen LogP contribution < -0.4 is 10.6 Å². The lowest BCUT2D eigenvalue weighted by Gasteiger charge is -2.19. The summed E-state index contributed by atoms with van der Waals surface area (Å²) in [6.07, 6.45) is 11.9. The number of nitrogens with one attached hydrogen (secondary N) is 2. The SMILES string of the molecule is CC(C)(C)c1ccc(NC(=O)c2cncc(NCCC3=CCCCC3)c2)cc1. The zero-order valence-electron chi connectivity index (χ0n) is 17.2.